The summed E-state index contributed by atoms with van der Waals surface area (Å²) in [6.45, 7) is 4.47. The summed E-state index contributed by atoms with van der Waals surface area (Å²) in [5.41, 5.74) is 5.46. The van der Waals surface area contributed by atoms with Gasteiger partial charge in [-0.1, -0.05) is 13.8 Å². The topological polar surface area (TPSA) is 78.6 Å². The first-order valence-electron chi connectivity index (χ1n) is 4.00. The Hall–Kier alpha value is -1.10. The van der Waals surface area contributed by atoms with Crippen molar-refractivity contribution in [3.8, 4) is 0 Å². The second kappa shape index (κ2) is 5.53. The van der Waals surface area contributed by atoms with Crippen molar-refractivity contribution < 1.29 is 19.1 Å². The third-order valence-electron chi connectivity index (χ3n) is 1.45. The van der Waals surface area contributed by atoms with Crippen molar-refractivity contribution in [3.63, 3.8) is 0 Å². The number of ether oxygens (including phenoxy) is 2. The highest BCUT2D eigenvalue weighted by atomic mass is 16.7. The van der Waals surface area contributed by atoms with E-state index in [1.165, 1.54) is 6.92 Å². The molecule has 0 radical (unpaired) electrons. The number of rotatable bonds is 4. The minimum Gasteiger partial charge on any atom is -0.428 e. The summed E-state index contributed by atoms with van der Waals surface area (Å²) in [5, 5.41) is 0. The highest BCUT2D eigenvalue weighted by molar-refractivity contribution is 5.75. The van der Waals surface area contributed by atoms with E-state index in [-0.39, 0.29) is 12.7 Å². The van der Waals surface area contributed by atoms with Gasteiger partial charge in [0.1, 0.15) is 6.04 Å². The molecule has 13 heavy (non-hydrogen) atoms. The Morgan fingerprint density at radius 1 is 1.31 bits per heavy atom. The molecule has 0 aromatic heterocycles. The zero-order valence-electron chi connectivity index (χ0n) is 8.07. The molecule has 0 fully saturated rings. The molecule has 0 aliphatic carbocycles. The van der Waals surface area contributed by atoms with Gasteiger partial charge in [-0.25, -0.2) is 0 Å². The largest absolute Gasteiger partial charge is 0.428 e. The minimum atomic E-state index is -0.671. The summed E-state index contributed by atoms with van der Waals surface area (Å²) in [7, 11) is 0. The van der Waals surface area contributed by atoms with Crippen molar-refractivity contribution in [2.45, 2.75) is 26.8 Å². The van der Waals surface area contributed by atoms with Crippen molar-refractivity contribution in [2.75, 3.05) is 6.79 Å². The van der Waals surface area contributed by atoms with E-state index in [9.17, 15) is 9.59 Å². The first kappa shape index (κ1) is 11.9. The molecular formula is C8H15NO4. The molecule has 0 saturated carbocycles. The molecule has 0 rings (SSSR count). The van der Waals surface area contributed by atoms with Crippen LogP contribution in [0, 0.1) is 5.92 Å². The Balaban J connectivity index is 3.68. The fourth-order valence-corrected chi connectivity index (χ4v) is 0.539. The van der Waals surface area contributed by atoms with Gasteiger partial charge in [-0.15, -0.1) is 0 Å². The Morgan fingerprint density at radius 3 is 2.23 bits per heavy atom. The number of carbonyl (C=O) groups excluding carboxylic acids is 2. The van der Waals surface area contributed by atoms with Crippen molar-refractivity contribution in [1.29, 1.82) is 0 Å². The Labute approximate surface area is 77.2 Å². The van der Waals surface area contributed by atoms with Crippen LogP contribution in [0.1, 0.15) is 20.8 Å². The molecule has 0 amide bonds. The lowest BCUT2D eigenvalue weighted by Gasteiger charge is -2.13. The molecule has 76 valence electrons. The standard InChI is InChI=1S/C8H15NO4/c1-5(2)7(9)8(11)13-4-12-6(3)10/h5,7H,4,9H2,1-3H3. The van der Waals surface area contributed by atoms with Crippen LogP contribution in [0.25, 0.3) is 0 Å². The first-order valence-corrected chi connectivity index (χ1v) is 4.00. The molecule has 2 N–H and O–H groups in total. The van der Waals surface area contributed by atoms with Gasteiger partial charge in [0.05, 0.1) is 0 Å². The molecule has 0 aromatic carbocycles. The number of nitrogens with two attached hydrogens (primary N) is 1. The number of esters is 2. The number of hydrogen-bond donors (Lipinski definition) is 1. The van der Waals surface area contributed by atoms with Gasteiger partial charge in [-0.2, -0.15) is 0 Å². The minimum absolute atomic E-state index is 0.00447. The monoisotopic (exact) mass is 189 g/mol. The smallest absolute Gasteiger partial charge is 0.326 e. The average Bonchev–Trinajstić information content (AvgIpc) is 2.02. The summed E-state index contributed by atoms with van der Waals surface area (Å²) < 4.78 is 8.97. The summed E-state index contributed by atoms with van der Waals surface area (Å²) in [6.07, 6.45) is 0. The van der Waals surface area contributed by atoms with Crippen LogP contribution in [0.15, 0.2) is 0 Å². The van der Waals surface area contributed by atoms with Gasteiger partial charge in [-0.3, -0.25) is 9.59 Å². The Morgan fingerprint density at radius 2 is 1.85 bits per heavy atom. The number of hydrogen-bond acceptors (Lipinski definition) is 5. The molecule has 0 aliphatic heterocycles. The normalized spacial score (nSPS) is 12.4. The summed E-state index contributed by atoms with van der Waals surface area (Å²) in [5.74, 6) is -1.05. The molecular weight excluding hydrogens is 174 g/mol. The molecule has 0 saturated heterocycles. The lowest BCUT2D eigenvalue weighted by Crippen LogP contribution is -2.37. The lowest BCUT2D eigenvalue weighted by atomic mass is 10.1. The summed E-state index contributed by atoms with van der Waals surface area (Å²) in [6, 6.07) is -0.671. The van der Waals surface area contributed by atoms with E-state index in [2.05, 4.69) is 9.47 Å². The second-order valence-corrected chi connectivity index (χ2v) is 2.99. The van der Waals surface area contributed by atoms with Crippen LogP contribution in [0.3, 0.4) is 0 Å². The van der Waals surface area contributed by atoms with Crippen LogP contribution in [0.2, 0.25) is 0 Å². The van der Waals surface area contributed by atoms with Crippen LogP contribution < -0.4 is 5.73 Å². The van der Waals surface area contributed by atoms with Crippen LogP contribution >= 0.6 is 0 Å². The van der Waals surface area contributed by atoms with Crippen molar-refractivity contribution in [2.24, 2.45) is 11.7 Å². The highest BCUT2D eigenvalue weighted by Gasteiger charge is 2.18. The fourth-order valence-electron chi connectivity index (χ4n) is 0.539. The van der Waals surface area contributed by atoms with Gasteiger partial charge in [0, 0.05) is 6.92 Å². The third-order valence-corrected chi connectivity index (χ3v) is 1.45. The third kappa shape index (κ3) is 5.19. The van der Waals surface area contributed by atoms with Crippen LogP contribution in [-0.4, -0.2) is 24.8 Å². The predicted molar refractivity (Wildman–Crippen MR) is 45.5 cm³/mol. The predicted octanol–water partition coefficient (Wildman–Crippen LogP) is 0.0335. The quantitative estimate of drug-likeness (QED) is 0.498. The number of carbonyl (C=O) groups is 2. The molecule has 0 bridgehead atoms. The summed E-state index contributed by atoms with van der Waals surface area (Å²) in [4.78, 5) is 21.3. The maximum atomic E-state index is 11.0. The van der Waals surface area contributed by atoms with Crippen molar-refractivity contribution in [3.05, 3.63) is 0 Å². The molecule has 1 unspecified atom stereocenters. The molecule has 0 aliphatic rings. The van der Waals surface area contributed by atoms with E-state index >= 15 is 0 Å². The van der Waals surface area contributed by atoms with E-state index in [4.69, 9.17) is 5.73 Å². The Bertz CT molecular complexity index is 191. The SMILES string of the molecule is CC(=O)OCOC(=O)C(N)C(C)C. The maximum absolute atomic E-state index is 11.0. The first-order chi connectivity index (χ1) is 5.95. The van der Waals surface area contributed by atoms with Gasteiger partial charge < -0.3 is 15.2 Å². The molecule has 1 atom stereocenters. The molecule has 5 heteroatoms. The second-order valence-electron chi connectivity index (χ2n) is 2.99. The highest BCUT2D eigenvalue weighted by Crippen LogP contribution is 2.00. The molecule has 5 nitrogen and oxygen atoms in total. The van der Waals surface area contributed by atoms with Crippen LogP contribution in [0.5, 0.6) is 0 Å². The van der Waals surface area contributed by atoms with Gasteiger partial charge in [-0.05, 0) is 5.92 Å². The molecule has 0 spiro atoms. The lowest BCUT2D eigenvalue weighted by molar-refractivity contribution is -0.167. The zero-order valence-corrected chi connectivity index (χ0v) is 8.07. The van der Waals surface area contributed by atoms with Gasteiger partial charge in [0.15, 0.2) is 0 Å². The van der Waals surface area contributed by atoms with Crippen molar-refractivity contribution >= 4 is 11.9 Å². The van der Waals surface area contributed by atoms with E-state index < -0.39 is 18.0 Å². The summed E-state index contributed by atoms with van der Waals surface area (Å²) >= 11 is 0. The Kier molecular flexibility index (Phi) is 5.06. The van der Waals surface area contributed by atoms with Crippen LogP contribution in [0.4, 0.5) is 0 Å². The van der Waals surface area contributed by atoms with Gasteiger partial charge in [0.25, 0.3) is 0 Å². The van der Waals surface area contributed by atoms with Crippen LogP contribution in [-0.2, 0) is 19.1 Å². The van der Waals surface area contributed by atoms with E-state index in [0.717, 1.165) is 0 Å². The maximum Gasteiger partial charge on any atom is 0.326 e. The zero-order chi connectivity index (χ0) is 10.4. The molecule has 0 aromatic rings. The average molecular weight is 189 g/mol. The van der Waals surface area contributed by atoms with Gasteiger partial charge >= 0.3 is 11.9 Å². The van der Waals surface area contributed by atoms with E-state index in [0.29, 0.717) is 0 Å². The van der Waals surface area contributed by atoms with Gasteiger partial charge in [0.2, 0.25) is 6.79 Å². The van der Waals surface area contributed by atoms with E-state index in [1.807, 2.05) is 0 Å². The van der Waals surface area contributed by atoms with E-state index in [1.54, 1.807) is 13.8 Å². The fraction of sp³-hybridized carbons (Fsp3) is 0.750. The molecule has 0 heterocycles. The van der Waals surface area contributed by atoms with Crippen molar-refractivity contribution in [1.82, 2.24) is 0 Å².